The molecule has 0 aliphatic carbocycles. The fourth-order valence-electron chi connectivity index (χ4n) is 2.65. The quantitative estimate of drug-likeness (QED) is 0.598. The zero-order valence-corrected chi connectivity index (χ0v) is 17.3. The zero-order chi connectivity index (χ0) is 19.4. The summed E-state index contributed by atoms with van der Waals surface area (Å²) >= 11 is 13.9. The molecule has 0 unspecified atom stereocenters. The maximum atomic E-state index is 12.3. The number of aryl methyl sites for hydroxylation is 1. The predicted molar refractivity (Wildman–Crippen MR) is 115 cm³/mol. The van der Waals surface area contributed by atoms with Crippen molar-refractivity contribution in [3.8, 4) is 5.75 Å². The molecular weight excluding hydrogens is 403 g/mol. The van der Waals surface area contributed by atoms with Crippen molar-refractivity contribution in [3.63, 3.8) is 0 Å². The average Bonchev–Trinajstić information content (AvgIpc) is 2.98. The molecule has 1 amide bonds. The molecule has 27 heavy (non-hydrogen) atoms. The van der Waals surface area contributed by atoms with Gasteiger partial charge in [-0.25, -0.2) is 0 Å². The van der Waals surface area contributed by atoms with Gasteiger partial charge in [0.05, 0.1) is 21.6 Å². The zero-order valence-electron chi connectivity index (χ0n) is 15.0. The van der Waals surface area contributed by atoms with Crippen LogP contribution in [-0.4, -0.2) is 18.0 Å². The van der Waals surface area contributed by atoms with E-state index in [9.17, 15) is 4.79 Å². The lowest BCUT2D eigenvalue weighted by molar-refractivity contribution is -0.116. The summed E-state index contributed by atoms with van der Waals surface area (Å²) in [7, 11) is 0. The van der Waals surface area contributed by atoms with E-state index in [0.717, 1.165) is 17.7 Å². The van der Waals surface area contributed by atoms with Crippen molar-refractivity contribution in [2.45, 2.75) is 25.8 Å². The smallest absolute Gasteiger partial charge is 0.260 e. The Bertz CT molecular complexity index is 846. The van der Waals surface area contributed by atoms with Gasteiger partial charge in [-0.2, -0.15) is 0 Å². The molecule has 1 atom stereocenters. The van der Waals surface area contributed by atoms with Crippen molar-refractivity contribution in [3.05, 3.63) is 62.5 Å². The molecule has 3 rings (SSSR count). The van der Waals surface area contributed by atoms with Crippen molar-refractivity contribution in [1.29, 1.82) is 0 Å². The molecule has 2 aromatic carbocycles. The molecule has 142 valence electrons. The minimum atomic E-state index is -0.232. The number of anilines is 1. The van der Waals surface area contributed by atoms with Gasteiger partial charge in [-0.1, -0.05) is 54.0 Å². The van der Waals surface area contributed by atoms with Gasteiger partial charge in [-0.05, 0) is 54.8 Å². The molecule has 0 saturated carbocycles. The van der Waals surface area contributed by atoms with Gasteiger partial charge in [0.2, 0.25) is 0 Å². The Kier molecular flexibility index (Phi) is 6.58. The number of amides is 1. The molecule has 0 radical (unpaired) electrons. The Morgan fingerprint density at radius 3 is 2.44 bits per heavy atom. The van der Waals surface area contributed by atoms with E-state index in [1.54, 1.807) is 18.2 Å². The van der Waals surface area contributed by atoms with Crippen molar-refractivity contribution >= 4 is 52.6 Å². The standard InChI is InChI=1S/C20H20Cl2N2O2S/c1-3-12-5-7-14(8-6-12)23-20-24-19(25)17(27-20)11-13-9-15(21)18(26-4-2)16(22)10-13/h5-11,20,23H,3-4H2,1-2H3,(H,24,25)/b17-11-/t20-/m0/s1. The fourth-order valence-corrected chi connectivity index (χ4v) is 4.25. The Morgan fingerprint density at radius 2 is 1.85 bits per heavy atom. The third-order valence-electron chi connectivity index (χ3n) is 4.00. The highest BCUT2D eigenvalue weighted by molar-refractivity contribution is 8.05. The van der Waals surface area contributed by atoms with Gasteiger partial charge in [0.1, 0.15) is 0 Å². The normalized spacial score (nSPS) is 17.9. The lowest BCUT2D eigenvalue weighted by Crippen LogP contribution is -2.30. The van der Waals surface area contributed by atoms with Crippen LogP contribution in [0.15, 0.2) is 41.3 Å². The van der Waals surface area contributed by atoms with E-state index in [-0.39, 0.29) is 11.4 Å². The van der Waals surface area contributed by atoms with Crippen LogP contribution in [0, 0.1) is 0 Å². The first kappa shape index (κ1) is 19.9. The Balaban J connectivity index is 1.73. The van der Waals surface area contributed by atoms with E-state index in [1.807, 2.05) is 19.1 Å². The van der Waals surface area contributed by atoms with Crippen LogP contribution in [0.5, 0.6) is 5.75 Å². The number of ether oxygens (including phenoxy) is 1. The summed E-state index contributed by atoms with van der Waals surface area (Å²) in [4.78, 5) is 12.9. The number of carbonyl (C=O) groups excluding carboxylic acids is 1. The summed E-state index contributed by atoms with van der Waals surface area (Å²) < 4.78 is 5.43. The first-order valence-corrected chi connectivity index (χ1v) is 10.3. The largest absolute Gasteiger partial charge is 0.491 e. The first-order valence-electron chi connectivity index (χ1n) is 8.66. The molecular formula is C20H20Cl2N2O2S. The highest BCUT2D eigenvalue weighted by Crippen LogP contribution is 2.36. The van der Waals surface area contributed by atoms with Gasteiger partial charge in [-0.15, -0.1) is 0 Å². The topological polar surface area (TPSA) is 50.4 Å². The van der Waals surface area contributed by atoms with E-state index < -0.39 is 0 Å². The number of carbonyl (C=O) groups is 1. The number of nitrogens with one attached hydrogen (secondary N) is 2. The molecule has 0 bridgehead atoms. The van der Waals surface area contributed by atoms with E-state index in [4.69, 9.17) is 27.9 Å². The minimum Gasteiger partial charge on any atom is -0.491 e. The van der Waals surface area contributed by atoms with E-state index in [2.05, 4.69) is 29.7 Å². The molecule has 1 saturated heterocycles. The predicted octanol–water partition coefficient (Wildman–Crippen LogP) is 5.55. The van der Waals surface area contributed by atoms with Gasteiger partial charge >= 0.3 is 0 Å². The molecule has 1 heterocycles. The average molecular weight is 423 g/mol. The van der Waals surface area contributed by atoms with E-state index in [1.165, 1.54) is 17.3 Å². The fraction of sp³-hybridized carbons (Fsp3) is 0.250. The Hall–Kier alpha value is -1.82. The molecule has 2 N–H and O–H groups in total. The summed E-state index contributed by atoms with van der Waals surface area (Å²) in [5.41, 5.74) is 2.75. The van der Waals surface area contributed by atoms with Crippen molar-refractivity contribution in [1.82, 2.24) is 5.32 Å². The SMILES string of the molecule is CCOc1c(Cl)cc(/C=C2\S[C@@H](Nc3ccc(CC)cc3)NC2=O)cc1Cl. The van der Waals surface area contributed by atoms with Crippen LogP contribution in [0.4, 0.5) is 5.69 Å². The second-order valence-electron chi connectivity index (χ2n) is 5.92. The van der Waals surface area contributed by atoms with Crippen LogP contribution in [0.1, 0.15) is 25.0 Å². The number of hydrogen-bond acceptors (Lipinski definition) is 4. The summed E-state index contributed by atoms with van der Waals surface area (Å²) in [6, 6.07) is 11.7. The lowest BCUT2D eigenvalue weighted by atomic mass is 10.1. The van der Waals surface area contributed by atoms with Crippen molar-refractivity contribution < 1.29 is 9.53 Å². The number of benzene rings is 2. The van der Waals surface area contributed by atoms with Crippen LogP contribution in [0.25, 0.3) is 6.08 Å². The molecule has 7 heteroatoms. The Labute approximate surface area is 173 Å². The van der Waals surface area contributed by atoms with Crippen molar-refractivity contribution in [2.24, 2.45) is 0 Å². The first-order chi connectivity index (χ1) is 13.0. The molecule has 4 nitrogen and oxygen atoms in total. The highest BCUT2D eigenvalue weighted by atomic mass is 35.5. The van der Waals surface area contributed by atoms with Crippen LogP contribution >= 0.6 is 35.0 Å². The number of halogens is 2. The molecule has 1 aliphatic rings. The molecule has 1 aliphatic heterocycles. The number of hydrogen-bond donors (Lipinski definition) is 2. The van der Waals surface area contributed by atoms with Gasteiger partial charge in [0.25, 0.3) is 5.91 Å². The second kappa shape index (κ2) is 8.91. The van der Waals surface area contributed by atoms with Gasteiger partial charge in [0.15, 0.2) is 11.2 Å². The van der Waals surface area contributed by atoms with Crippen LogP contribution in [0.3, 0.4) is 0 Å². The maximum absolute atomic E-state index is 12.3. The molecule has 0 spiro atoms. The highest BCUT2D eigenvalue weighted by Gasteiger charge is 2.27. The second-order valence-corrected chi connectivity index (χ2v) is 7.88. The number of thioether (sulfide) groups is 1. The summed E-state index contributed by atoms with van der Waals surface area (Å²) in [6.07, 6.45) is 2.77. The Morgan fingerprint density at radius 1 is 1.19 bits per heavy atom. The molecule has 2 aromatic rings. The maximum Gasteiger partial charge on any atom is 0.260 e. The third-order valence-corrected chi connectivity index (χ3v) is 5.59. The van der Waals surface area contributed by atoms with Crippen LogP contribution in [-0.2, 0) is 11.2 Å². The molecule has 1 fully saturated rings. The van der Waals surface area contributed by atoms with Crippen LogP contribution < -0.4 is 15.4 Å². The molecule has 0 aromatic heterocycles. The van der Waals surface area contributed by atoms with Crippen molar-refractivity contribution in [2.75, 3.05) is 11.9 Å². The van der Waals surface area contributed by atoms with E-state index >= 15 is 0 Å². The minimum absolute atomic E-state index is 0.135. The lowest BCUT2D eigenvalue weighted by Gasteiger charge is -2.13. The van der Waals surface area contributed by atoms with E-state index in [0.29, 0.717) is 27.3 Å². The summed E-state index contributed by atoms with van der Waals surface area (Å²) in [6.45, 7) is 4.46. The monoisotopic (exact) mass is 422 g/mol. The van der Waals surface area contributed by atoms with Crippen LogP contribution in [0.2, 0.25) is 10.0 Å². The number of rotatable bonds is 6. The summed E-state index contributed by atoms with van der Waals surface area (Å²) in [5.74, 6) is 0.324. The van der Waals surface area contributed by atoms with Gasteiger partial charge < -0.3 is 15.4 Å². The van der Waals surface area contributed by atoms with Gasteiger partial charge in [0, 0.05) is 5.69 Å². The van der Waals surface area contributed by atoms with Gasteiger partial charge in [-0.3, -0.25) is 4.79 Å². The summed E-state index contributed by atoms with van der Waals surface area (Å²) in [5, 5.41) is 7.06. The third kappa shape index (κ3) is 4.92.